The summed E-state index contributed by atoms with van der Waals surface area (Å²) < 4.78 is 7.39. The summed E-state index contributed by atoms with van der Waals surface area (Å²) >= 11 is 0. The lowest BCUT2D eigenvalue weighted by Crippen LogP contribution is -2.06. The van der Waals surface area contributed by atoms with E-state index in [0.29, 0.717) is 18.3 Å². The van der Waals surface area contributed by atoms with E-state index in [1.54, 1.807) is 23.4 Å². The van der Waals surface area contributed by atoms with Gasteiger partial charge < -0.3 is 10.1 Å². The average molecular weight is 281 g/mol. The highest BCUT2D eigenvalue weighted by molar-refractivity contribution is 5.33. The zero-order valence-corrected chi connectivity index (χ0v) is 11.6. The maximum atomic E-state index is 5.72. The van der Waals surface area contributed by atoms with E-state index < -0.39 is 0 Å². The molecular weight excluding hydrogens is 266 g/mol. The van der Waals surface area contributed by atoms with Crippen molar-refractivity contribution in [1.29, 1.82) is 0 Å². The van der Waals surface area contributed by atoms with Gasteiger partial charge in [-0.3, -0.25) is 4.98 Å². The fourth-order valence-electron chi connectivity index (χ4n) is 1.94. The number of hydrogen-bond donors (Lipinski definition) is 1. The molecule has 0 atom stereocenters. The fourth-order valence-corrected chi connectivity index (χ4v) is 1.94. The van der Waals surface area contributed by atoms with E-state index in [0.717, 1.165) is 11.3 Å². The van der Waals surface area contributed by atoms with Crippen LogP contribution in [0.5, 0.6) is 11.8 Å². The molecule has 6 heteroatoms. The molecule has 6 nitrogen and oxygen atoms in total. The van der Waals surface area contributed by atoms with Crippen LogP contribution in [0.1, 0.15) is 5.56 Å². The van der Waals surface area contributed by atoms with Gasteiger partial charge in [-0.2, -0.15) is 4.98 Å². The van der Waals surface area contributed by atoms with Gasteiger partial charge in [0.2, 0.25) is 0 Å². The second kappa shape index (κ2) is 6.15. The molecule has 3 aromatic rings. The minimum atomic E-state index is 0.296. The SMILES string of the molecule is CNCc1ccncc1Oc1ncn(-c2ccccc2)n1. The third-order valence-corrected chi connectivity index (χ3v) is 2.93. The van der Waals surface area contributed by atoms with E-state index in [2.05, 4.69) is 20.4 Å². The highest BCUT2D eigenvalue weighted by Crippen LogP contribution is 2.21. The summed E-state index contributed by atoms with van der Waals surface area (Å²) in [7, 11) is 1.88. The molecular formula is C15H15N5O. The molecule has 0 unspecified atom stereocenters. The Labute approximate surface area is 122 Å². The summed E-state index contributed by atoms with van der Waals surface area (Å²) in [5.41, 5.74) is 1.94. The van der Waals surface area contributed by atoms with Crippen LogP contribution in [0, 0.1) is 0 Å². The van der Waals surface area contributed by atoms with Gasteiger partial charge in [0, 0.05) is 18.3 Å². The number of para-hydroxylation sites is 1. The van der Waals surface area contributed by atoms with Gasteiger partial charge in [-0.05, 0) is 25.2 Å². The number of aromatic nitrogens is 4. The Hall–Kier alpha value is -2.73. The van der Waals surface area contributed by atoms with Crippen molar-refractivity contribution < 1.29 is 4.74 Å². The highest BCUT2D eigenvalue weighted by Gasteiger charge is 2.08. The van der Waals surface area contributed by atoms with Crippen molar-refractivity contribution in [2.24, 2.45) is 0 Å². The lowest BCUT2D eigenvalue weighted by molar-refractivity contribution is 0.433. The molecule has 0 bridgehead atoms. The quantitative estimate of drug-likeness (QED) is 0.776. The number of benzene rings is 1. The Kier molecular flexibility index (Phi) is 3.88. The highest BCUT2D eigenvalue weighted by atomic mass is 16.5. The van der Waals surface area contributed by atoms with E-state index >= 15 is 0 Å². The first kappa shape index (κ1) is 13.3. The minimum absolute atomic E-state index is 0.296. The molecule has 0 aliphatic carbocycles. The monoisotopic (exact) mass is 281 g/mol. The Balaban J connectivity index is 1.82. The molecule has 3 rings (SSSR count). The van der Waals surface area contributed by atoms with E-state index in [-0.39, 0.29) is 0 Å². The third kappa shape index (κ3) is 3.06. The standard InChI is InChI=1S/C15H15N5O/c1-16-9-12-7-8-17-10-14(12)21-15-18-11-20(19-15)13-5-3-2-4-6-13/h2-8,10-11,16H,9H2,1H3. The molecule has 0 aliphatic rings. The molecule has 2 aromatic heterocycles. The van der Waals surface area contributed by atoms with Crippen molar-refractivity contribution in [1.82, 2.24) is 25.1 Å². The first-order valence-electron chi connectivity index (χ1n) is 6.59. The molecule has 0 amide bonds. The number of hydrogen-bond acceptors (Lipinski definition) is 5. The van der Waals surface area contributed by atoms with Crippen LogP contribution in [0.25, 0.3) is 5.69 Å². The van der Waals surface area contributed by atoms with Crippen LogP contribution in [0.3, 0.4) is 0 Å². The average Bonchev–Trinajstić information content (AvgIpc) is 2.99. The molecule has 0 fully saturated rings. The zero-order chi connectivity index (χ0) is 14.5. The predicted molar refractivity (Wildman–Crippen MR) is 78.4 cm³/mol. The van der Waals surface area contributed by atoms with E-state index in [9.17, 15) is 0 Å². The second-order valence-corrected chi connectivity index (χ2v) is 4.42. The van der Waals surface area contributed by atoms with Crippen LogP contribution in [0.4, 0.5) is 0 Å². The molecule has 0 radical (unpaired) electrons. The van der Waals surface area contributed by atoms with Crippen LogP contribution >= 0.6 is 0 Å². The van der Waals surface area contributed by atoms with Gasteiger partial charge >= 0.3 is 6.01 Å². The molecule has 0 aliphatic heterocycles. The van der Waals surface area contributed by atoms with E-state index in [4.69, 9.17) is 4.74 Å². The topological polar surface area (TPSA) is 64.9 Å². The van der Waals surface area contributed by atoms with Gasteiger partial charge in [-0.1, -0.05) is 18.2 Å². The molecule has 1 aromatic carbocycles. The molecule has 21 heavy (non-hydrogen) atoms. The van der Waals surface area contributed by atoms with Crippen LogP contribution in [-0.2, 0) is 6.54 Å². The lowest BCUT2D eigenvalue weighted by atomic mass is 10.2. The van der Waals surface area contributed by atoms with Crippen LogP contribution in [0.15, 0.2) is 55.1 Å². The number of nitrogens with one attached hydrogen (secondary N) is 1. The number of rotatable bonds is 5. The van der Waals surface area contributed by atoms with Gasteiger partial charge in [0.1, 0.15) is 6.33 Å². The molecule has 0 saturated carbocycles. The van der Waals surface area contributed by atoms with Gasteiger partial charge in [0.15, 0.2) is 5.75 Å². The van der Waals surface area contributed by atoms with Crippen molar-refractivity contribution in [3.63, 3.8) is 0 Å². The molecule has 0 spiro atoms. The number of nitrogens with zero attached hydrogens (tertiary/aromatic N) is 4. The lowest BCUT2D eigenvalue weighted by Gasteiger charge is -2.07. The second-order valence-electron chi connectivity index (χ2n) is 4.42. The summed E-state index contributed by atoms with van der Waals surface area (Å²) in [4.78, 5) is 8.24. The largest absolute Gasteiger partial charge is 0.421 e. The van der Waals surface area contributed by atoms with Crippen LogP contribution in [0.2, 0.25) is 0 Å². The maximum Gasteiger partial charge on any atom is 0.341 e. The summed E-state index contributed by atoms with van der Waals surface area (Å²) in [6, 6.07) is 12.0. The van der Waals surface area contributed by atoms with Crippen molar-refractivity contribution in [2.45, 2.75) is 6.54 Å². The normalized spacial score (nSPS) is 10.5. The van der Waals surface area contributed by atoms with Crippen LogP contribution < -0.4 is 10.1 Å². The number of pyridine rings is 1. The van der Waals surface area contributed by atoms with E-state index in [1.807, 2.05) is 43.4 Å². The summed E-state index contributed by atoms with van der Waals surface area (Å²) in [6.45, 7) is 0.692. The zero-order valence-electron chi connectivity index (χ0n) is 11.6. The van der Waals surface area contributed by atoms with Crippen molar-refractivity contribution >= 4 is 0 Å². The van der Waals surface area contributed by atoms with Crippen molar-refractivity contribution in [2.75, 3.05) is 7.05 Å². The summed E-state index contributed by atoms with van der Waals surface area (Å²) in [5.74, 6) is 0.651. The summed E-state index contributed by atoms with van der Waals surface area (Å²) in [5, 5.41) is 7.40. The Morgan fingerprint density at radius 1 is 1.19 bits per heavy atom. The van der Waals surface area contributed by atoms with Crippen molar-refractivity contribution in [3.8, 4) is 17.4 Å². The third-order valence-electron chi connectivity index (χ3n) is 2.93. The molecule has 2 heterocycles. The van der Waals surface area contributed by atoms with Gasteiger partial charge in [0.25, 0.3) is 0 Å². The predicted octanol–water partition coefficient (Wildman–Crippen LogP) is 2.17. The van der Waals surface area contributed by atoms with Crippen molar-refractivity contribution in [3.05, 3.63) is 60.7 Å². The molecule has 1 N–H and O–H groups in total. The van der Waals surface area contributed by atoms with Gasteiger partial charge in [-0.25, -0.2) is 4.68 Å². The fraction of sp³-hybridized carbons (Fsp3) is 0.133. The first-order chi connectivity index (χ1) is 10.4. The van der Waals surface area contributed by atoms with Crippen LogP contribution in [-0.4, -0.2) is 26.8 Å². The van der Waals surface area contributed by atoms with E-state index in [1.165, 1.54) is 0 Å². The minimum Gasteiger partial charge on any atom is -0.421 e. The summed E-state index contributed by atoms with van der Waals surface area (Å²) in [6.07, 6.45) is 5.02. The Bertz CT molecular complexity index is 711. The Morgan fingerprint density at radius 3 is 2.86 bits per heavy atom. The molecule has 0 saturated heterocycles. The van der Waals surface area contributed by atoms with Gasteiger partial charge in [0.05, 0.1) is 11.9 Å². The number of ether oxygens (including phenoxy) is 1. The first-order valence-corrected chi connectivity index (χ1v) is 6.59. The molecule has 106 valence electrons. The van der Waals surface area contributed by atoms with Gasteiger partial charge in [-0.15, -0.1) is 5.10 Å². The maximum absolute atomic E-state index is 5.72. The smallest absolute Gasteiger partial charge is 0.341 e. The Morgan fingerprint density at radius 2 is 2.05 bits per heavy atom.